The number of hydrogen-bond acceptors (Lipinski definition) is 3. The fourth-order valence-corrected chi connectivity index (χ4v) is 3.16. The lowest BCUT2D eigenvalue weighted by molar-refractivity contribution is -0.146. The van der Waals surface area contributed by atoms with Crippen LogP contribution in [0.4, 0.5) is 0 Å². The van der Waals surface area contributed by atoms with Crippen LogP contribution in [-0.4, -0.2) is 28.7 Å². The molecule has 3 nitrogen and oxygen atoms in total. The second kappa shape index (κ2) is 5.87. The van der Waals surface area contributed by atoms with Crippen molar-refractivity contribution in [1.29, 1.82) is 0 Å². The molecule has 0 amide bonds. The maximum atomic E-state index is 11.1. The normalized spacial score (nSPS) is 19.4. The van der Waals surface area contributed by atoms with Gasteiger partial charge in [0.2, 0.25) is 0 Å². The average molecular weight is 280 g/mol. The van der Waals surface area contributed by atoms with E-state index in [0.29, 0.717) is 12.5 Å². The second-order valence-electron chi connectivity index (χ2n) is 5.61. The lowest BCUT2D eigenvalue weighted by Crippen LogP contribution is -2.26. The van der Waals surface area contributed by atoms with E-state index in [0.717, 1.165) is 23.5 Å². The molecule has 0 saturated carbocycles. The van der Waals surface area contributed by atoms with Crippen molar-refractivity contribution in [3.63, 3.8) is 0 Å². The van der Waals surface area contributed by atoms with Gasteiger partial charge in [0.15, 0.2) is 0 Å². The van der Waals surface area contributed by atoms with Crippen molar-refractivity contribution in [2.45, 2.75) is 32.8 Å². The molecule has 1 aromatic carbocycles. The standard InChI is InChI=1S/C15H20O3S/c1-15(2,14(16)17)9-11-3-5-12(6-4-11)18-13-7-8-19-10-13/h3-6,13H,7-10H2,1-2H3,(H,16,17). The Morgan fingerprint density at radius 3 is 2.63 bits per heavy atom. The lowest BCUT2D eigenvalue weighted by atomic mass is 9.86. The minimum Gasteiger partial charge on any atom is -0.490 e. The maximum Gasteiger partial charge on any atom is 0.309 e. The summed E-state index contributed by atoms with van der Waals surface area (Å²) < 4.78 is 5.87. The van der Waals surface area contributed by atoms with Crippen LogP contribution in [0.3, 0.4) is 0 Å². The van der Waals surface area contributed by atoms with E-state index in [1.54, 1.807) is 13.8 Å². The molecule has 1 aliphatic heterocycles. The van der Waals surface area contributed by atoms with Crippen LogP contribution in [0.25, 0.3) is 0 Å². The molecule has 1 atom stereocenters. The van der Waals surface area contributed by atoms with Gasteiger partial charge in [-0.3, -0.25) is 4.79 Å². The number of aliphatic carboxylic acids is 1. The molecule has 104 valence electrons. The zero-order valence-electron chi connectivity index (χ0n) is 11.4. The fraction of sp³-hybridized carbons (Fsp3) is 0.533. The summed E-state index contributed by atoms with van der Waals surface area (Å²) in [4.78, 5) is 11.1. The molecule has 1 N–H and O–H groups in total. The summed E-state index contributed by atoms with van der Waals surface area (Å²) in [6.07, 6.45) is 1.96. The highest BCUT2D eigenvalue weighted by atomic mass is 32.2. The highest BCUT2D eigenvalue weighted by molar-refractivity contribution is 7.99. The molecule has 2 rings (SSSR count). The van der Waals surface area contributed by atoms with Crippen molar-refractivity contribution < 1.29 is 14.6 Å². The van der Waals surface area contributed by atoms with Crippen LogP contribution in [-0.2, 0) is 11.2 Å². The first-order valence-corrected chi connectivity index (χ1v) is 7.69. The summed E-state index contributed by atoms with van der Waals surface area (Å²) in [7, 11) is 0. The Morgan fingerprint density at radius 2 is 2.11 bits per heavy atom. The van der Waals surface area contributed by atoms with E-state index in [1.165, 1.54) is 5.75 Å². The second-order valence-corrected chi connectivity index (χ2v) is 6.76. The third-order valence-corrected chi connectivity index (χ3v) is 4.47. The predicted molar refractivity (Wildman–Crippen MR) is 77.9 cm³/mol. The van der Waals surface area contributed by atoms with E-state index in [1.807, 2.05) is 36.0 Å². The van der Waals surface area contributed by atoms with E-state index in [9.17, 15) is 4.79 Å². The number of carboxylic acids is 1. The lowest BCUT2D eigenvalue weighted by Gasteiger charge is -2.19. The summed E-state index contributed by atoms with van der Waals surface area (Å²) >= 11 is 1.93. The summed E-state index contributed by atoms with van der Waals surface area (Å²) in [6, 6.07) is 7.80. The van der Waals surface area contributed by atoms with E-state index in [4.69, 9.17) is 9.84 Å². The van der Waals surface area contributed by atoms with Crippen molar-refractivity contribution in [3.8, 4) is 5.75 Å². The number of rotatable bonds is 5. The molecule has 1 fully saturated rings. The molecule has 0 aromatic heterocycles. The molecule has 1 aliphatic rings. The Kier molecular flexibility index (Phi) is 4.40. The first-order chi connectivity index (χ1) is 8.97. The molecule has 0 aliphatic carbocycles. The molecule has 0 bridgehead atoms. The van der Waals surface area contributed by atoms with Gasteiger partial charge in [-0.1, -0.05) is 12.1 Å². The Morgan fingerprint density at radius 1 is 1.42 bits per heavy atom. The summed E-state index contributed by atoms with van der Waals surface area (Å²) in [6.45, 7) is 3.49. The number of thioether (sulfide) groups is 1. The van der Waals surface area contributed by atoms with Gasteiger partial charge in [0.1, 0.15) is 11.9 Å². The van der Waals surface area contributed by atoms with Gasteiger partial charge in [0, 0.05) is 5.75 Å². The van der Waals surface area contributed by atoms with Crippen LogP contribution in [0.1, 0.15) is 25.8 Å². The van der Waals surface area contributed by atoms with Crippen LogP contribution in [0, 0.1) is 5.41 Å². The predicted octanol–water partition coefficient (Wildman–Crippen LogP) is 3.22. The van der Waals surface area contributed by atoms with Gasteiger partial charge < -0.3 is 9.84 Å². The van der Waals surface area contributed by atoms with Crippen molar-refractivity contribution >= 4 is 17.7 Å². The minimum absolute atomic E-state index is 0.325. The topological polar surface area (TPSA) is 46.5 Å². The monoisotopic (exact) mass is 280 g/mol. The Bertz CT molecular complexity index is 433. The van der Waals surface area contributed by atoms with Crippen molar-refractivity contribution in [2.24, 2.45) is 5.41 Å². The molecule has 4 heteroatoms. The van der Waals surface area contributed by atoms with Gasteiger partial charge in [0.05, 0.1) is 5.41 Å². The van der Waals surface area contributed by atoms with Gasteiger partial charge >= 0.3 is 5.97 Å². The van der Waals surface area contributed by atoms with Gasteiger partial charge in [-0.15, -0.1) is 0 Å². The SMILES string of the molecule is CC(C)(Cc1ccc(OC2CCSC2)cc1)C(=O)O. The van der Waals surface area contributed by atoms with Gasteiger partial charge in [0.25, 0.3) is 0 Å². The number of ether oxygens (including phenoxy) is 1. The van der Waals surface area contributed by atoms with E-state index in [-0.39, 0.29) is 0 Å². The van der Waals surface area contributed by atoms with Gasteiger partial charge in [-0.25, -0.2) is 0 Å². The van der Waals surface area contributed by atoms with E-state index in [2.05, 4.69) is 0 Å². The third kappa shape index (κ3) is 3.90. The number of carbonyl (C=O) groups is 1. The molecular formula is C15H20O3S. The Labute approximate surface area is 118 Å². The summed E-state index contributed by atoms with van der Waals surface area (Å²) in [5.74, 6) is 2.35. The first kappa shape index (κ1) is 14.3. The molecule has 1 saturated heterocycles. The van der Waals surface area contributed by atoms with Crippen LogP contribution in [0.15, 0.2) is 24.3 Å². The van der Waals surface area contributed by atoms with Crippen LogP contribution in [0.2, 0.25) is 0 Å². The molecule has 1 unspecified atom stereocenters. The quantitative estimate of drug-likeness (QED) is 0.899. The molecule has 19 heavy (non-hydrogen) atoms. The highest BCUT2D eigenvalue weighted by Crippen LogP contribution is 2.26. The van der Waals surface area contributed by atoms with E-state index < -0.39 is 11.4 Å². The molecule has 0 radical (unpaired) electrons. The Hall–Kier alpha value is -1.16. The summed E-state index contributed by atoms with van der Waals surface area (Å²) in [5.41, 5.74) is 0.297. The van der Waals surface area contributed by atoms with Crippen molar-refractivity contribution in [3.05, 3.63) is 29.8 Å². The highest BCUT2D eigenvalue weighted by Gasteiger charge is 2.27. The largest absolute Gasteiger partial charge is 0.490 e. The average Bonchev–Trinajstić information content (AvgIpc) is 2.84. The van der Waals surface area contributed by atoms with Crippen molar-refractivity contribution in [2.75, 3.05) is 11.5 Å². The minimum atomic E-state index is -0.768. The fourth-order valence-electron chi connectivity index (χ4n) is 2.07. The Balaban J connectivity index is 1.96. The molecule has 1 aromatic rings. The molecule has 1 heterocycles. The number of benzene rings is 1. The number of carboxylic acid groups (broad SMARTS) is 1. The smallest absolute Gasteiger partial charge is 0.309 e. The van der Waals surface area contributed by atoms with Crippen LogP contribution in [0.5, 0.6) is 5.75 Å². The number of hydrogen-bond donors (Lipinski definition) is 1. The van der Waals surface area contributed by atoms with Crippen LogP contribution < -0.4 is 4.74 Å². The van der Waals surface area contributed by atoms with Crippen LogP contribution >= 0.6 is 11.8 Å². The molecular weight excluding hydrogens is 260 g/mol. The zero-order chi connectivity index (χ0) is 13.9. The summed E-state index contributed by atoms with van der Waals surface area (Å²) in [5, 5.41) is 9.12. The van der Waals surface area contributed by atoms with E-state index >= 15 is 0 Å². The third-order valence-electron chi connectivity index (χ3n) is 3.34. The van der Waals surface area contributed by atoms with Gasteiger partial charge in [-0.05, 0) is 50.1 Å². The van der Waals surface area contributed by atoms with Gasteiger partial charge in [-0.2, -0.15) is 11.8 Å². The van der Waals surface area contributed by atoms with Crippen molar-refractivity contribution in [1.82, 2.24) is 0 Å². The molecule has 0 spiro atoms. The first-order valence-electron chi connectivity index (χ1n) is 6.54. The zero-order valence-corrected chi connectivity index (χ0v) is 12.2. The maximum absolute atomic E-state index is 11.1.